The van der Waals surface area contributed by atoms with Crippen molar-refractivity contribution in [3.05, 3.63) is 17.8 Å². The van der Waals surface area contributed by atoms with Crippen molar-refractivity contribution in [3.63, 3.8) is 0 Å². The van der Waals surface area contributed by atoms with Crippen LogP contribution < -0.4 is 10.1 Å². The van der Waals surface area contributed by atoms with E-state index in [-0.39, 0.29) is 5.91 Å². The van der Waals surface area contributed by atoms with Gasteiger partial charge >= 0.3 is 0 Å². The normalized spacial score (nSPS) is 13.8. The molecule has 0 radical (unpaired) electrons. The molecule has 1 atom stereocenters. The van der Waals surface area contributed by atoms with Crippen LogP contribution in [0.3, 0.4) is 0 Å². The molecule has 0 fully saturated rings. The van der Waals surface area contributed by atoms with Gasteiger partial charge in [0, 0.05) is 13.2 Å². The number of carbonyl (C=O) groups is 1. The quantitative estimate of drug-likeness (QED) is 0.872. The zero-order valence-electron chi connectivity index (χ0n) is 11.5. The SMILES string of the molecule is CCC(C)(OC)C(=O)Nc1ccc(OC)nc1C. The standard InChI is InChI=1S/C13H20N2O3/c1-6-13(3,18-5)12(16)15-10-7-8-11(17-4)14-9(10)2/h7-8H,6H2,1-5H3,(H,15,16). The zero-order valence-corrected chi connectivity index (χ0v) is 11.5. The van der Waals surface area contributed by atoms with Gasteiger partial charge in [-0.2, -0.15) is 0 Å². The maximum absolute atomic E-state index is 12.1. The Morgan fingerprint density at radius 2 is 2.11 bits per heavy atom. The molecule has 1 amide bonds. The molecule has 1 aromatic heterocycles. The van der Waals surface area contributed by atoms with Crippen molar-refractivity contribution < 1.29 is 14.3 Å². The van der Waals surface area contributed by atoms with E-state index in [1.54, 1.807) is 26.2 Å². The Hall–Kier alpha value is -1.62. The lowest BCUT2D eigenvalue weighted by atomic mass is 10.0. The summed E-state index contributed by atoms with van der Waals surface area (Å²) in [6.07, 6.45) is 0.595. The van der Waals surface area contributed by atoms with Gasteiger partial charge < -0.3 is 14.8 Å². The summed E-state index contributed by atoms with van der Waals surface area (Å²) in [5, 5.41) is 2.82. The average Bonchev–Trinajstić information content (AvgIpc) is 2.39. The Morgan fingerprint density at radius 1 is 1.44 bits per heavy atom. The van der Waals surface area contributed by atoms with E-state index >= 15 is 0 Å². The molecule has 0 aromatic carbocycles. The Balaban J connectivity index is 2.88. The average molecular weight is 252 g/mol. The van der Waals surface area contributed by atoms with Crippen molar-refractivity contribution in [2.45, 2.75) is 32.8 Å². The molecule has 0 saturated heterocycles. The summed E-state index contributed by atoms with van der Waals surface area (Å²) in [5.41, 5.74) is 0.543. The maximum Gasteiger partial charge on any atom is 0.256 e. The number of pyridine rings is 1. The molecule has 1 rings (SSSR count). The molecule has 100 valence electrons. The Morgan fingerprint density at radius 3 is 2.56 bits per heavy atom. The van der Waals surface area contributed by atoms with Gasteiger partial charge in [-0.1, -0.05) is 6.92 Å². The van der Waals surface area contributed by atoms with Gasteiger partial charge in [0.25, 0.3) is 5.91 Å². The Kier molecular flexibility index (Phi) is 4.67. The summed E-state index contributed by atoms with van der Waals surface area (Å²) < 4.78 is 10.3. The molecule has 5 nitrogen and oxygen atoms in total. The number of carbonyl (C=O) groups excluding carboxylic acids is 1. The van der Waals surface area contributed by atoms with Crippen LogP contribution in [-0.2, 0) is 9.53 Å². The van der Waals surface area contributed by atoms with E-state index in [0.717, 1.165) is 0 Å². The zero-order chi connectivity index (χ0) is 13.8. The van der Waals surface area contributed by atoms with Crippen molar-refractivity contribution in [1.82, 2.24) is 4.98 Å². The third-order valence-corrected chi connectivity index (χ3v) is 3.12. The Labute approximate surface area is 108 Å². The van der Waals surface area contributed by atoms with E-state index in [4.69, 9.17) is 9.47 Å². The summed E-state index contributed by atoms with van der Waals surface area (Å²) in [6, 6.07) is 3.48. The smallest absolute Gasteiger partial charge is 0.256 e. The summed E-state index contributed by atoms with van der Waals surface area (Å²) >= 11 is 0. The van der Waals surface area contributed by atoms with Crippen LogP contribution in [0, 0.1) is 6.92 Å². The number of amides is 1. The predicted molar refractivity (Wildman–Crippen MR) is 69.9 cm³/mol. The third-order valence-electron chi connectivity index (χ3n) is 3.12. The van der Waals surface area contributed by atoms with E-state index in [2.05, 4.69) is 10.3 Å². The molecule has 1 heterocycles. The number of methoxy groups -OCH3 is 2. The molecule has 1 N–H and O–H groups in total. The highest BCUT2D eigenvalue weighted by Crippen LogP contribution is 2.21. The number of hydrogen-bond acceptors (Lipinski definition) is 4. The summed E-state index contributed by atoms with van der Waals surface area (Å²) in [4.78, 5) is 16.3. The molecule has 0 aliphatic rings. The van der Waals surface area contributed by atoms with Crippen molar-refractivity contribution in [3.8, 4) is 5.88 Å². The molecular formula is C13H20N2O3. The van der Waals surface area contributed by atoms with Gasteiger partial charge in [0.15, 0.2) is 0 Å². The van der Waals surface area contributed by atoms with Crippen molar-refractivity contribution in [2.75, 3.05) is 19.5 Å². The lowest BCUT2D eigenvalue weighted by molar-refractivity contribution is -0.136. The highest BCUT2D eigenvalue weighted by molar-refractivity contribution is 5.97. The molecule has 0 aliphatic carbocycles. The minimum atomic E-state index is -0.827. The van der Waals surface area contributed by atoms with Gasteiger partial charge in [-0.3, -0.25) is 4.79 Å². The second-order valence-corrected chi connectivity index (χ2v) is 4.23. The van der Waals surface area contributed by atoms with Crippen LogP contribution in [-0.4, -0.2) is 30.7 Å². The fourth-order valence-electron chi connectivity index (χ4n) is 1.44. The van der Waals surface area contributed by atoms with Gasteiger partial charge in [-0.25, -0.2) is 4.98 Å². The molecular weight excluding hydrogens is 232 g/mol. The fraction of sp³-hybridized carbons (Fsp3) is 0.538. The summed E-state index contributed by atoms with van der Waals surface area (Å²) in [7, 11) is 3.08. The van der Waals surface area contributed by atoms with E-state index < -0.39 is 5.60 Å². The van der Waals surface area contributed by atoms with Crippen molar-refractivity contribution in [2.24, 2.45) is 0 Å². The summed E-state index contributed by atoms with van der Waals surface area (Å²) in [5.74, 6) is 0.345. The van der Waals surface area contributed by atoms with Crippen molar-refractivity contribution >= 4 is 11.6 Å². The van der Waals surface area contributed by atoms with Crippen LogP contribution in [0.1, 0.15) is 26.0 Å². The maximum atomic E-state index is 12.1. The number of rotatable bonds is 5. The number of hydrogen-bond donors (Lipinski definition) is 1. The first-order valence-corrected chi connectivity index (χ1v) is 5.85. The predicted octanol–water partition coefficient (Wildman–Crippen LogP) is 2.15. The second kappa shape index (κ2) is 5.82. The number of nitrogens with one attached hydrogen (secondary N) is 1. The van der Waals surface area contributed by atoms with Gasteiger partial charge in [-0.15, -0.1) is 0 Å². The molecule has 1 unspecified atom stereocenters. The molecule has 0 bridgehead atoms. The highest BCUT2D eigenvalue weighted by Gasteiger charge is 2.31. The van der Waals surface area contributed by atoms with E-state index in [1.165, 1.54) is 7.11 Å². The van der Waals surface area contributed by atoms with E-state index in [1.807, 2.05) is 13.8 Å². The van der Waals surface area contributed by atoms with E-state index in [0.29, 0.717) is 23.7 Å². The fourth-order valence-corrected chi connectivity index (χ4v) is 1.44. The topological polar surface area (TPSA) is 60.5 Å². The van der Waals surface area contributed by atoms with Crippen LogP contribution in [0.4, 0.5) is 5.69 Å². The van der Waals surface area contributed by atoms with Gasteiger partial charge in [-0.05, 0) is 26.3 Å². The summed E-state index contributed by atoms with van der Waals surface area (Å²) in [6.45, 7) is 5.48. The minimum absolute atomic E-state index is 0.178. The first-order chi connectivity index (χ1) is 8.46. The molecule has 0 saturated carbocycles. The largest absolute Gasteiger partial charge is 0.481 e. The van der Waals surface area contributed by atoms with Gasteiger partial charge in [0.1, 0.15) is 5.60 Å². The molecule has 1 aromatic rings. The van der Waals surface area contributed by atoms with Crippen LogP contribution >= 0.6 is 0 Å². The highest BCUT2D eigenvalue weighted by atomic mass is 16.5. The number of aromatic nitrogens is 1. The monoisotopic (exact) mass is 252 g/mol. The lowest BCUT2D eigenvalue weighted by Gasteiger charge is -2.25. The van der Waals surface area contributed by atoms with E-state index in [9.17, 15) is 4.79 Å². The van der Waals surface area contributed by atoms with Crippen LogP contribution in [0.2, 0.25) is 0 Å². The number of ether oxygens (including phenoxy) is 2. The Bertz CT molecular complexity index is 428. The first kappa shape index (κ1) is 14.4. The molecule has 0 aliphatic heterocycles. The van der Waals surface area contributed by atoms with Gasteiger partial charge in [0.05, 0.1) is 18.5 Å². The second-order valence-electron chi connectivity index (χ2n) is 4.23. The van der Waals surface area contributed by atoms with Gasteiger partial charge in [0.2, 0.25) is 5.88 Å². The number of anilines is 1. The number of nitrogens with zero attached hydrogens (tertiary/aromatic N) is 1. The van der Waals surface area contributed by atoms with Crippen LogP contribution in [0.5, 0.6) is 5.88 Å². The van der Waals surface area contributed by atoms with Crippen molar-refractivity contribution in [1.29, 1.82) is 0 Å². The third kappa shape index (κ3) is 2.98. The molecule has 5 heteroatoms. The van der Waals surface area contributed by atoms with Crippen LogP contribution in [0.15, 0.2) is 12.1 Å². The lowest BCUT2D eigenvalue weighted by Crippen LogP contribution is -2.41. The number of aryl methyl sites for hydroxylation is 1. The molecule has 0 spiro atoms. The molecule has 18 heavy (non-hydrogen) atoms. The first-order valence-electron chi connectivity index (χ1n) is 5.85. The van der Waals surface area contributed by atoms with Crippen LogP contribution in [0.25, 0.3) is 0 Å². The minimum Gasteiger partial charge on any atom is -0.481 e.